The van der Waals surface area contributed by atoms with Crippen LogP contribution < -0.4 is 11.1 Å². The van der Waals surface area contributed by atoms with Gasteiger partial charge in [-0.05, 0) is 43.2 Å². The highest BCUT2D eigenvalue weighted by Gasteiger charge is 2.17. The quantitative estimate of drug-likeness (QED) is 0.430. The van der Waals surface area contributed by atoms with Crippen LogP contribution in [-0.2, 0) is 20.7 Å². The average Bonchev–Trinajstić information content (AvgIpc) is 2.97. The van der Waals surface area contributed by atoms with Crippen molar-refractivity contribution in [2.75, 3.05) is 7.11 Å². The van der Waals surface area contributed by atoms with Crippen molar-refractivity contribution in [3.05, 3.63) is 47.5 Å². The molecule has 1 aromatic carbocycles. The normalized spacial score (nSPS) is 16.3. The Labute approximate surface area is 208 Å². The number of allylic oxidation sites excluding steroid dienone is 1. The van der Waals surface area contributed by atoms with Crippen molar-refractivity contribution in [1.82, 2.24) is 5.32 Å². The van der Waals surface area contributed by atoms with E-state index in [0.717, 1.165) is 6.42 Å². The van der Waals surface area contributed by atoms with Crippen LogP contribution in [0.3, 0.4) is 0 Å². The number of hydrogen-bond acceptors (Lipinski definition) is 4. The van der Waals surface area contributed by atoms with E-state index in [-0.39, 0.29) is 11.9 Å². The summed E-state index contributed by atoms with van der Waals surface area (Å²) in [5.74, 6) is 0.0789. The van der Waals surface area contributed by atoms with Crippen LogP contribution in [0.4, 0.5) is 0 Å². The molecule has 0 fully saturated rings. The third-order valence-electron chi connectivity index (χ3n) is 5.07. The van der Waals surface area contributed by atoms with Crippen LogP contribution in [0, 0.1) is 5.92 Å². The Balaban J connectivity index is 0. The first kappa shape index (κ1) is 34.0. The number of aliphatic hydroxyl groups is 1. The van der Waals surface area contributed by atoms with E-state index in [0.29, 0.717) is 25.2 Å². The lowest BCUT2D eigenvalue weighted by atomic mass is 10.0. The van der Waals surface area contributed by atoms with Crippen molar-refractivity contribution in [3.63, 3.8) is 0 Å². The van der Waals surface area contributed by atoms with Crippen molar-refractivity contribution >= 4 is 11.8 Å². The Bertz CT molecular complexity index is 687. The Morgan fingerprint density at radius 3 is 2.24 bits per heavy atom. The molecule has 3 atom stereocenters. The molecule has 34 heavy (non-hydrogen) atoms. The fourth-order valence-corrected chi connectivity index (χ4v) is 2.97. The Hall–Kier alpha value is -2.18. The van der Waals surface area contributed by atoms with Crippen LogP contribution in [0.15, 0.2) is 36.4 Å². The molecule has 0 aromatic heterocycles. The molecule has 1 heterocycles. The van der Waals surface area contributed by atoms with Gasteiger partial charge >= 0.3 is 0 Å². The fraction of sp³-hybridized carbons (Fsp3) is 0.643. The summed E-state index contributed by atoms with van der Waals surface area (Å²) in [5.41, 5.74) is 7.65. The van der Waals surface area contributed by atoms with Crippen LogP contribution in [0.1, 0.15) is 97.7 Å². The molecule has 6 nitrogen and oxygen atoms in total. The summed E-state index contributed by atoms with van der Waals surface area (Å²) in [6.45, 7) is 14.5. The van der Waals surface area contributed by atoms with Gasteiger partial charge in [-0.25, -0.2) is 0 Å². The third kappa shape index (κ3) is 16.4. The van der Waals surface area contributed by atoms with Gasteiger partial charge in [-0.15, -0.1) is 0 Å². The van der Waals surface area contributed by atoms with Crippen LogP contribution in [0.2, 0.25) is 0 Å². The number of carbonyl (C=O) groups is 2. The molecule has 2 rings (SSSR count). The van der Waals surface area contributed by atoms with Crippen molar-refractivity contribution in [2.24, 2.45) is 11.7 Å². The minimum Gasteiger partial charge on any atom is -0.389 e. The molecule has 0 bridgehead atoms. The number of benzene rings is 1. The van der Waals surface area contributed by atoms with Gasteiger partial charge in [0, 0.05) is 13.5 Å². The highest BCUT2D eigenvalue weighted by Crippen LogP contribution is 2.21. The zero-order valence-electron chi connectivity index (χ0n) is 22.8. The van der Waals surface area contributed by atoms with Crippen molar-refractivity contribution in [3.8, 4) is 0 Å². The van der Waals surface area contributed by atoms with E-state index in [1.165, 1.54) is 31.1 Å². The number of fused-ring (bicyclic) bond motifs is 1. The molecule has 6 heteroatoms. The molecule has 1 aliphatic rings. The molecule has 196 valence electrons. The zero-order valence-corrected chi connectivity index (χ0v) is 22.8. The second-order valence-corrected chi connectivity index (χ2v) is 8.39. The Morgan fingerprint density at radius 2 is 1.74 bits per heavy atom. The Kier molecular flexibility index (Phi) is 21.4. The smallest absolute Gasteiger partial charge is 0.246 e. The van der Waals surface area contributed by atoms with E-state index in [9.17, 15) is 14.7 Å². The number of aliphatic hydroxyl groups excluding tert-OH is 1. The highest BCUT2D eigenvalue weighted by molar-refractivity contribution is 5.78. The van der Waals surface area contributed by atoms with Gasteiger partial charge in [0.05, 0.1) is 12.1 Å². The number of hydrogen-bond donors (Lipinski definition) is 3. The summed E-state index contributed by atoms with van der Waals surface area (Å²) >= 11 is 0. The molecule has 0 spiro atoms. The van der Waals surface area contributed by atoms with Gasteiger partial charge in [-0.2, -0.15) is 0 Å². The summed E-state index contributed by atoms with van der Waals surface area (Å²) in [4.78, 5) is 22.1. The predicted octanol–water partition coefficient (Wildman–Crippen LogP) is 5.48. The molecule has 0 aliphatic carbocycles. The van der Waals surface area contributed by atoms with E-state index in [1.807, 2.05) is 52.8 Å². The zero-order chi connectivity index (χ0) is 26.5. The van der Waals surface area contributed by atoms with E-state index < -0.39 is 18.1 Å². The molecular weight excluding hydrogens is 428 g/mol. The van der Waals surface area contributed by atoms with E-state index in [2.05, 4.69) is 31.3 Å². The maximum atomic E-state index is 11.3. The Morgan fingerprint density at radius 1 is 1.15 bits per heavy atom. The minimum atomic E-state index is -0.605. The lowest BCUT2D eigenvalue weighted by Crippen LogP contribution is -2.30. The van der Waals surface area contributed by atoms with Crippen molar-refractivity contribution in [2.45, 2.75) is 105 Å². The lowest BCUT2D eigenvalue weighted by Gasteiger charge is -2.12. The first-order chi connectivity index (χ1) is 16.2. The van der Waals surface area contributed by atoms with Crippen LogP contribution in [0.25, 0.3) is 0 Å². The number of ether oxygens (including phenoxy) is 1. The minimum absolute atomic E-state index is 0.156. The number of rotatable bonds is 8. The number of methoxy groups -OCH3 is 1. The molecule has 1 aliphatic heterocycles. The third-order valence-corrected chi connectivity index (χ3v) is 5.07. The number of carbonyl (C=O) groups excluding carboxylic acids is 2. The van der Waals surface area contributed by atoms with Gasteiger partial charge in [-0.3, -0.25) is 9.59 Å². The number of nitrogens with one attached hydrogen (secondary N) is 1. The van der Waals surface area contributed by atoms with E-state index in [1.54, 1.807) is 6.08 Å². The van der Waals surface area contributed by atoms with Gasteiger partial charge in [0.25, 0.3) is 0 Å². The summed E-state index contributed by atoms with van der Waals surface area (Å²) in [5, 5.41) is 12.5. The summed E-state index contributed by atoms with van der Waals surface area (Å²) in [6, 6.07) is 8.40. The summed E-state index contributed by atoms with van der Waals surface area (Å²) < 4.78 is 4.88. The number of aryl methyl sites for hydroxylation is 1. The van der Waals surface area contributed by atoms with Gasteiger partial charge in [-0.1, -0.05) is 90.8 Å². The fourth-order valence-electron chi connectivity index (χ4n) is 2.97. The second-order valence-electron chi connectivity index (χ2n) is 8.39. The van der Waals surface area contributed by atoms with Crippen molar-refractivity contribution in [1.29, 1.82) is 0 Å². The molecule has 0 saturated carbocycles. The molecule has 0 saturated heterocycles. The molecule has 3 unspecified atom stereocenters. The van der Waals surface area contributed by atoms with Crippen molar-refractivity contribution < 1.29 is 19.4 Å². The molecular formula is C28H50N2O4. The predicted molar refractivity (Wildman–Crippen MR) is 142 cm³/mol. The van der Waals surface area contributed by atoms with Crippen LogP contribution >= 0.6 is 0 Å². The van der Waals surface area contributed by atoms with Crippen LogP contribution in [-0.4, -0.2) is 36.2 Å². The van der Waals surface area contributed by atoms with E-state index >= 15 is 0 Å². The van der Waals surface area contributed by atoms with Gasteiger partial charge in [0.1, 0.15) is 6.10 Å². The van der Waals surface area contributed by atoms with Gasteiger partial charge in [0.15, 0.2) is 0 Å². The molecule has 2 amide bonds. The molecule has 1 aromatic rings. The summed E-state index contributed by atoms with van der Waals surface area (Å²) in [6.07, 6.45) is 7.56. The number of nitrogens with two attached hydrogens (primary N) is 1. The molecule has 4 N–H and O–H groups in total. The largest absolute Gasteiger partial charge is 0.389 e. The second kappa shape index (κ2) is 21.4. The first-order valence-electron chi connectivity index (χ1n) is 12.7. The van der Waals surface area contributed by atoms with Gasteiger partial charge < -0.3 is 20.9 Å². The SMILES string of the molecule is CC.CC1NC(=O)CCc2ccccc21.CCCC.COC(CCC(O)/C=C/C(C)C)C(N)=O. The number of unbranched alkanes of at least 4 members (excludes halogenated alkanes) is 1. The van der Waals surface area contributed by atoms with Gasteiger partial charge in [0.2, 0.25) is 11.8 Å². The summed E-state index contributed by atoms with van der Waals surface area (Å²) in [7, 11) is 1.44. The van der Waals surface area contributed by atoms with E-state index in [4.69, 9.17) is 10.5 Å². The standard InChI is InChI=1S/C11H21NO3.C11H13NO.C4H10.C2H6/c1-8(2)4-5-9(13)6-7-10(15-3)11(12)14;1-8-10-5-3-2-4-9(10)6-7-11(13)12-8;1-3-4-2;1-2/h4-5,8-10,13H,6-7H2,1-3H3,(H2,12,14);2-5,8H,6-7H2,1H3,(H,12,13);3-4H2,1-2H3;1-2H3/b5-4+;;;. The highest BCUT2D eigenvalue weighted by atomic mass is 16.5. The average molecular weight is 479 g/mol. The number of amides is 2. The number of primary amides is 1. The molecule has 0 radical (unpaired) electrons. The monoisotopic (exact) mass is 478 g/mol. The maximum Gasteiger partial charge on any atom is 0.246 e. The topological polar surface area (TPSA) is 102 Å². The maximum absolute atomic E-state index is 11.3. The lowest BCUT2D eigenvalue weighted by molar-refractivity contribution is -0.128. The first-order valence-corrected chi connectivity index (χ1v) is 12.7. The van der Waals surface area contributed by atoms with Crippen LogP contribution in [0.5, 0.6) is 0 Å².